The van der Waals surface area contributed by atoms with Gasteiger partial charge in [0.1, 0.15) is 0 Å². The summed E-state index contributed by atoms with van der Waals surface area (Å²) in [7, 11) is 0. The van der Waals surface area contributed by atoms with Gasteiger partial charge in [0.15, 0.2) is 0 Å². The fraction of sp³-hybridized carbons (Fsp3) is 0.636. The van der Waals surface area contributed by atoms with Crippen molar-refractivity contribution >= 4 is 5.91 Å². The van der Waals surface area contributed by atoms with Crippen LogP contribution in [0, 0.1) is 6.92 Å². The van der Waals surface area contributed by atoms with E-state index >= 15 is 0 Å². The van der Waals surface area contributed by atoms with Crippen molar-refractivity contribution in [2.75, 3.05) is 0 Å². The van der Waals surface area contributed by atoms with Crippen molar-refractivity contribution < 1.29 is 14.4 Å². The van der Waals surface area contributed by atoms with Gasteiger partial charge in [0.2, 0.25) is 5.76 Å². The lowest BCUT2D eigenvalue weighted by molar-refractivity contribution is 0.0691. The van der Waals surface area contributed by atoms with Crippen LogP contribution in [0.3, 0.4) is 0 Å². The molecule has 1 amide bonds. The minimum absolute atomic E-state index is 0.161. The maximum absolute atomic E-state index is 11.8. The number of nitrogens with zero attached hydrogens (tertiary/aromatic N) is 1. The Bertz CT molecular complexity index is 375. The summed E-state index contributed by atoms with van der Waals surface area (Å²) in [5.74, 6) is -0.0567. The molecule has 1 aromatic heterocycles. The van der Waals surface area contributed by atoms with Gasteiger partial charge in [0.05, 0.1) is 18.3 Å². The van der Waals surface area contributed by atoms with Crippen molar-refractivity contribution in [3.63, 3.8) is 0 Å². The molecule has 0 radical (unpaired) electrons. The van der Waals surface area contributed by atoms with Crippen LogP contribution in [0.25, 0.3) is 0 Å². The summed E-state index contributed by atoms with van der Waals surface area (Å²) in [5.41, 5.74) is 0.711. The van der Waals surface area contributed by atoms with E-state index in [1.54, 1.807) is 6.92 Å². The summed E-state index contributed by atoms with van der Waals surface area (Å²) in [6.45, 7) is 1.77. The molecule has 5 heteroatoms. The minimum Gasteiger partial charge on any atom is -0.391 e. The largest absolute Gasteiger partial charge is 0.391 e. The predicted octanol–water partition coefficient (Wildman–Crippen LogP) is 1.02. The Morgan fingerprint density at radius 1 is 1.56 bits per heavy atom. The summed E-state index contributed by atoms with van der Waals surface area (Å²) >= 11 is 0. The Hall–Kier alpha value is -1.36. The molecule has 2 unspecified atom stereocenters. The molecule has 2 atom stereocenters. The zero-order valence-electron chi connectivity index (χ0n) is 9.27. The molecular weight excluding hydrogens is 208 g/mol. The number of rotatable bonds is 2. The van der Waals surface area contributed by atoms with Crippen molar-refractivity contribution in [1.29, 1.82) is 0 Å². The number of carbonyl (C=O) groups is 1. The maximum Gasteiger partial charge on any atom is 0.290 e. The van der Waals surface area contributed by atoms with Crippen LogP contribution < -0.4 is 5.32 Å². The second-order valence-electron chi connectivity index (χ2n) is 4.27. The van der Waals surface area contributed by atoms with Crippen molar-refractivity contribution in [1.82, 2.24) is 10.5 Å². The molecule has 1 saturated carbocycles. The molecule has 0 saturated heterocycles. The van der Waals surface area contributed by atoms with E-state index in [0.29, 0.717) is 5.56 Å². The number of aliphatic hydroxyl groups excluding tert-OH is 1. The van der Waals surface area contributed by atoms with Gasteiger partial charge in [-0.25, -0.2) is 0 Å². The summed E-state index contributed by atoms with van der Waals surface area (Å²) < 4.78 is 4.86. The third-order valence-electron chi connectivity index (χ3n) is 3.00. The molecule has 0 spiro atoms. The molecule has 1 aromatic rings. The first-order chi connectivity index (χ1) is 7.68. The molecule has 5 nitrogen and oxygen atoms in total. The van der Waals surface area contributed by atoms with Crippen LogP contribution in [-0.4, -0.2) is 28.3 Å². The average molecular weight is 224 g/mol. The number of amides is 1. The number of hydrogen-bond donors (Lipinski definition) is 2. The molecule has 1 aliphatic carbocycles. The van der Waals surface area contributed by atoms with Crippen LogP contribution in [-0.2, 0) is 0 Å². The Morgan fingerprint density at radius 3 is 2.94 bits per heavy atom. The quantitative estimate of drug-likeness (QED) is 0.786. The topological polar surface area (TPSA) is 75.4 Å². The molecule has 1 aliphatic rings. The van der Waals surface area contributed by atoms with Crippen LogP contribution in [0.4, 0.5) is 0 Å². The fourth-order valence-corrected chi connectivity index (χ4v) is 2.02. The summed E-state index contributed by atoms with van der Waals surface area (Å²) in [6, 6.07) is -0.161. The minimum atomic E-state index is -0.444. The molecule has 16 heavy (non-hydrogen) atoms. The van der Waals surface area contributed by atoms with Gasteiger partial charge in [-0.3, -0.25) is 4.79 Å². The van der Waals surface area contributed by atoms with E-state index in [4.69, 9.17) is 4.52 Å². The van der Waals surface area contributed by atoms with Gasteiger partial charge in [0, 0.05) is 5.56 Å². The number of aromatic nitrogens is 1. The predicted molar refractivity (Wildman–Crippen MR) is 57.0 cm³/mol. The molecule has 2 N–H and O–H groups in total. The fourth-order valence-electron chi connectivity index (χ4n) is 2.02. The lowest BCUT2D eigenvalue weighted by atomic mass is 9.92. The van der Waals surface area contributed by atoms with E-state index in [1.807, 2.05) is 0 Å². The summed E-state index contributed by atoms with van der Waals surface area (Å²) in [4.78, 5) is 11.8. The van der Waals surface area contributed by atoms with Crippen LogP contribution >= 0.6 is 0 Å². The maximum atomic E-state index is 11.8. The number of nitrogens with one attached hydrogen (secondary N) is 1. The first-order valence-electron chi connectivity index (χ1n) is 5.58. The van der Waals surface area contributed by atoms with Crippen molar-refractivity contribution in [2.45, 2.75) is 44.8 Å². The first kappa shape index (κ1) is 11.1. The van der Waals surface area contributed by atoms with Crippen molar-refractivity contribution in [3.05, 3.63) is 17.5 Å². The molecule has 2 rings (SSSR count). The third kappa shape index (κ3) is 2.24. The number of hydrogen-bond acceptors (Lipinski definition) is 4. The Kier molecular flexibility index (Phi) is 3.24. The van der Waals surface area contributed by atoms with Crippen LogP contribution in [0.2, 0.25) is 0 Å². The van der Waals surface area contributed by atoms with Crippen molar-refractivity contribution in [3.8, 4) is 0 Å². The number of carbonyl (C=O) groups excluding carboxylic acids is 1. The Morgan fingerprint density at radius 2 is 2.31 bits per heavy atom. The van der Waals surface area contributed by atoms with E-state index in [2.05, 4.69) is 10.5 Å². The van der Waals surface area contributed by atoms with Gasteiger partial charge in [-0.2, -0.15) is 0 Å². The van der Waals surface area contributed by atoms with E-state index in [0.717, 1.165) is 25.7 Å². The van der Waals surface area contributed by atoms with E-state index in [9.17, 15) is 9.90 Å². The van der Waals surface area contributed by atoms with Gasteiger partial charge < -0.3 is 14.9 Å². The number of aryl methyl sites for hydroxylation is 1. The Balaban J connectivity index is 1.99. The first-order valence-corrected chi connectivity index (χ1v) is 5.58. The second kappa shape index (κ2) is 4.65. The highest BCUT2D eigenvalue weighted by molar-refractivity contribution is 5.92. The van der Waals surface area contributed by atoms with Gasteiger partial charge in [-0.05, 0) is 19.8 Å². The zero-order valence-corrected chi connectivity index (χ0v) is 9.27. The molecule has 88 valence electrons. The van der Waals surface area contributed by atoms with Crippen molar-refractivity contribution in [2.24, 2.45) is 0 Å². The molecule has 0 aliphatic heterocycles. The zero-order chi connectivity index (χ0) is 11.5. The van der Waals surface area contributed by atoms with E-state index < -0.39 is 6.10 Å². The molecule has 1 heterocycles. The number of aliphatic hydroxyl groups is 1. The molecular formula is C11H16N2O3. The normalized spacial score (nSPS) is 25.4. The summed E-state index contributed by atoms with van der Waals surface area (Å²) in [5, 5.41) is 16.1. The average Bonchev–Trinajstić information content (AvgIpc) is 2.68. The van der Waals surface area contributed by atoms with Gasteiger partial charge in [-0.15, -0.1) is 0 Å². The highest BCUT2D eigenvalue weighted by Gasteiger charge is 2.26. The highest BCUT2D eigenvalue weighted by Crippen LogP contribution is 2.19. The van der Waals surface area contributed by atoms with Crippen LogP contribution in [0.1, 0.15) is 41.8 Å². The van der Waals surface area contributed by atoms with E-state index in [-0.39, 0.29) is 17.7 Å². The van der Waals surface area contributed by atoms with Gasteiger partial charge in [0.25, 0.3) is 5.91 Å². The highest BCUT2D eigenvalue weighted by atomic mass is 16.5. The lowest BCUT2D eigenvalue weighted by Gasteiger charge is -2.27. The standard InChI is InChI=1S/C11H16N2O3/c1-7-6-12-16-10(7)11(15)13-8-4-2-3-5-9(8)14/h6,8-9,14H,2-5H2,1H3,(H,13,15). The smallest absolute Gasteiger partial charge is 0.290 e. The third-order valence-corrected chi connectivity index (χ3v) is 3.00. The Labute approximate surface area is 93.8 Å². The SMILES string of the molecule is Cc1cnoc1C(=O)NC1CCCCC1O. The molecule has 0 bridgehead atoms. The monoisotopic (exact) mass is 224 g/mol. The molecule has 0 aromatic carbocycles. The van der Waals surface area contributed by atoms with Crippen LogP contribution in [0.5, 0.6) is 0 Å². The second-order valence-corrected chi connectivity index (χ2v) is 4.27. The van der Waals surface area contributed by atoms with Gasteiger partial charge >= 0.3 is 0 Å². The summed E-state index contributed by atoms with van der Waals surface area (Å²) in [6.07, 6.45) is 4.69. The van der Waals surface area contributed by atoms with Gasteiger partial charge in [-0.1, -0.05) is 18.0 Å². The van der Waals surface area contributed by atoms with Crippen LogP contribution in [0.15, 0.2) is 10.7 Å². The van der Waals surface area contributed by atoms with E-state index in [1.165, 1.54) is 6.20 Å². The molecule has 1 fully saturated rings. The lowest BCUT2D eigenvalue weighted by Crippen LogP contribution is -2.45.